The number of carbonyl (C=O) groups is 1. The first-order valence-corrected chi connectivity index (χ1v) is 6.62. The highest BCUT2D eigenvalue weighted by molar-refractivity contribution is 5.96. The number of carbonyl (C=O) groups excluding carboxylic acids is 1. The van der Waals surface area contributed by atoms with Gasteiger partial charge in [-0.1, -0.05) is 12.1 Å². The third kappa shape index (κ3) is 3.03. The molecule has 2 N–H and O–H groups in total. The third-order valence-electron chi connectivity index (χ3n) is 3.13. The quantitative estimate of drug-likeness (QED) is 0.528. The summed E-state index contributed by atoms with van der Waals surface area (Å²) < 4.78 is 4.93. The highest BCUT2D eigenvalue weighted by Gasteiger charge is 2.16. The SMILES string of the molecule is CCOC(=O)c1cc(-c2ccc(C)c([N+](=O)[O-])c2)ncc1N. The maximum Gasteiger partial charge on any atom is 0.340 e. The van der Waals surface area contributed by atoms with Crippen LogP contribution in [0.3, 0.4) is 0 Å². The Bertz CT molecular complexity index is 744. The summed E-state index contributed by atoms with van der Waals surface area (Å²) in [6, 6.07) is 6.23. The molecule has 114 valence electrons. The number of rotatable bonds is 4. The molecule has 22 heavy (non-hydrogen) atoms. The van der Waals surface area contributed by atoms with E-state index in [0.717, 1.165) is 0 Å². The largest absolute Gasteiger partial charge is 0.462 e. The lowest BCUT2D eigenvalue weighted by atomic mass is 10.1. The third-order valence-corrected chi connectivity index (χ3v) is 3.13. The van der Waals surface area contributed by atoms with Crippen LogP contribution in [0.4, 0.5) is 11.4 Å². The minimum Gasteiger partial charge on any atom is -0.462 e. The molecule has 0 aliphatic heterocycles. The van der Waals surface area contributed by atoms with Gasteiger partial charge in [0.15, 0.2) is 0 Å². The van der Waals surface area contributed by atoms with Crippen molar-refractivity contribution in [2.75, 3.05) is 12.3 Å². The molecule has 2 rings (SSSR count). The molecule has 0 unspecified atom stereocenters. The molecule has 0 saturated carbocycles. The van der Waals surface area contributed by atoms with E-state index in [2.05, 4.69) is 4.98 Å². The summed E-state index contributed by atoms with van der Waals surface area (Å²) in [4.78, 5) is 26.5. The van der Waals surface area contributed by atoms with Crippen LogP contribution in [0.2, 0.25) is 0 Å². The van der Waals surface area contributed by atoms with Crippen LogP contribution in [0.5, 0.6) is 0 Å². The minimum absolute atomic E-state index is 0.00573. The molecule has 0 saturated heterocycles. The van der Waals surface area contributed by atoms with Crippen molar-refractivity contribution in [2.45, 2.75) is 13.8 Å². The first-order valence-electron chi connectivity index (χ1n) is 6.62. The molecule has 0 bridgehead atoms. The molecule has 0 spiro atoms. The lowest BCUT2D eigenvalue weighted by Gasteiger charge is -2.08. The van der Waals surface area contributed by atoms with Crippen molar-refractivity contribution < 1.29 is 14.5 Å². The number of nitrogens with two attached hydrogens (primary N) is 1. The van der Waals surface area contributed by atoms with Gasteiger partial charge >= 0.3 is 5.97 Å². The summed E-state index contributed by atoms with van der Waals surface area (Å²) in [5.41, 5.74) is 7.61. The second-order valence-corrected chi connectivity index (χ2v) is 4.64. The van der Waals surface area contributed by atoms with Crippen molar-refractivity contribution >= 4 is 17.3 Å². The Morgan fingerprint density at radius 1 is 1.41 bits per heavy atom. The molecule has 1 aromatic heterocycles. The number of nitrogens with zero attached hydrogens (tertiary/aromatic N) is 2. The van der Waals surface area contributed by atoms with Crippen LogP contribution < -0.4 is 5.73 Å². The molecular weight excluding hydrogens is 286 g/mol. The number of pyridine rings is 1. The number of hydrogen-bond acceptors (Lipinski definition) is 6. The summed E-state index contributed by atoms with van der Waals surface area (Å²) >= 11 is 0. The molecular formula is C15H15N3O4. The van der Waals surface area contributed by atoms with Crippen molar-refractivity contribution in [3.05, 3.63) is 51.7 Å². The van der Waals surface area contributed by atoms with E-state index in [1.807, 2.05) is 0 Å². The van der Waals surface area contributed by atoms with Gasteiger partial charge in [-0.05, 0) is 19.9 Å². The number of hydrogen-bond donors (Lipinski definition) is 1. The standard InChI is InChI=1S/C15H15N3O4/c1-3-22-15(19)11-7-13(17-8-12(11)16)10-5-4-9(2)14(6-10)18(20)21/h4-8H,3,16H2,1-2H3. The van der Waals surface area contributed by atoms with Gasteiger partial charge < -0.3 is 10.5 Å². The van der Waals surface area contributed by atoms with Crippen LogP contribution in [0.1, 0.15) is 22.8 Å². The molecule has 0 radical (unpaired) electrons. The summed E-state index contributed by atoms with van der Waals surface area (Å²) in [5.74, 6) is -0.551. The van der Waals surface area contributed by atoms with Crippen LogP contribution in [0.15, 0.2) is 30.5 Å². The number of ether oxygens (including phenoxy) is 1. The lowest BCUT2D eigenvalue weighted by molar-refractivity contribution is -0.385. The Labute approximate surface area is 126 Å². The monoisotopic (exact) mass is 301 g/mol. The summed E-state index contributed by atoms with van der Waals surface area (Å²) in [5, 5.41) is 11.0. The highest BCUT2D eigenvalue weighted by atomic mass is 16.6. The number of nitro groups is 1. The van der Waals surface area contributed by atoms with Crippen molar-refractivity contribution in [1.82, 2.24) is 4.98 Å². The lowest BCUT2D eigenvalue weighted by Crippen LogP contribution is -2.08. The van der Waals surface area contributed by atoms with Crippen LogP contribution in [0, 0.1) is 17.0 Å². The van der Waals surface area contributed by atoms with Crippen LogP contribution in [-0.4, -0.2) is 22.5 Å². The second-order valence-electron chi connectivity index (χ2n) is 4.64. The van der Waals surface area contributed by atoms with Gasteiger partial charge in [0, 0.05) is 17.2 Å². The second kappa shape index (κ2) is 6.21. The Balaban J connectivity index is 2.50. The zero-order valence-corrected chi connectivity index (χ0v) is 12.2. The van der Waals surface area contributed by atoms with E-state index in [-0.39, 0.29) is 23.5 Å². The van der Waals surface area contributed by atoms with Crippen molar-refractivity contribution in [2.24, 2.45) is 0 Å². The van der Waals surface area contributed by atoms with E-state index in [0.29, 0.717) is 16.8 Å². The van der Waals surface area contributed by atoms with Gasteiger partial charge in [0.1, 0.15) is 0 Å². The van der Waals surface area contributed by atoms with Gasteiger partial charge in [0.2, 0.25) is 0 Å². The number of nitro benzene ring substituents is 1. The Hall–Kier alpha value is -2.96. The van der Waals surface area contributed by atoms with Gasteiger partial charge in [-0.2, -0.15) is 0 Å². The van der Waals surface area contributed by atoms with Gasteiger partial charge in [0.05, 0.1) is 34.7 Å². The molecule has 7 nitrogen and oxygen atoms in total. The van der Waals surface area contributed by atoms with Crippen LogP contribution in [-0.2, 0) is 4.74 Å². The van der Waals surface area contributed by atoms with Crippen LogP contribution in [0.25, 0.3) is 11.3 Å². The van der Waals surface area contributed by atoms with E-state index < -0.39 is 10.9 Å². The molecule has 7 heteroatoms. The number of esters is 1. The molecule has 0 fully saturated rings. The molecule has 2 aromatic rings. The van der Waals surface area contributed by atoms with Gasteiger partial charge in [0.25, 0.3) is 5.69 Å². The van der Waals surface area contributed by atoms with Gasteiger partial charge in [-0.25, -0.2) is 4.79 Å². The topological polar surface area (TPSA) is 108 Å². The first-order chi connectivity index (χ1) is 10.4. The predicted octanol–water partition coefficient (Wildman–Crippen LogP) is 2.72. The fraction of sp³-hybridized carbons (Fsp3) is 0.200. The Kier molecular flexibility index (Phi) is 4.36. The van der Waals surface area contributed by atoms with E-state index >= 15 is 0 Å². The fourth-order valence-electron chi connectivity index (χ4n) is 1.97. The minimum atomic E-state index is -0.551. The average Bonchev–Trinajstić information content (AvgIpc) is 2.48. The molecule has 0 aliphatic rings. The van der Waals surface area contributed by atoms with Crippen molar-refractivity contribution in [3.63, 3.8) is 0 Å². The molecule has 0 amide bonds. The van der Waals surface area contributed by atoms with E-state index in [1.54, 1.807) is 26.0 Å². The number of aryl methyl sites for hydroxylation is 1. The average molecular weight is 301 g/mol. The first kappa shape index (κ1) is 15.4. The van der Waals surface area contributed by atoms with E-state index in [9.17, 15) is 14.9 Å². The number of aromatic nitrogens is 1. The zero-order valence-electron chi connectivity index (χ0n) is 12.2. The fourth-order valence-corrected chi connectivity index (χ4v) is 1.97. The molecule has 1 aromatic carbocycles. The summed E-state index contributed by atoms with van der Waals surface area (Å²) in [6.07, 6.45) is 1.34. The smallest absolute Gasteiger partial charge is 0.340 e. The number of nitrogen functional groups attached to an aromatic ring is 1. The normalized spacial score (nSPS) is 10.3. The zero-order chi connectivity index (χ0) is 16.3. The Morgan fingerprint density at radius 2 is 2.14 bits per heavy atom. The maximum atomic E-state index is 11.8. The number of benzene rings is 1. The predicted molar refractivity (Wildman–Crippen MR) is 81.4 cm³/mol. The van der Waals surface area contributed by atoms with Crippen molar-refractivity contribution in [1.29, 1.82) is 0 Å². The molecule has 0 atom stereocenters. The van der Waals surface area contributed by atoms with Gasteiger partial charge in [-0.15, -0.1) is 0 Å². The van der Waals surface area contributed by atoms with Crippen LogP contribution >= 0.6 is 0 Å². The van der Waals surface area contributed by atoms with Crippen molar-refractivity contribution in [3.8, 4) is 11.3 Å². The molecule has 1 heterocycles. The highest BCUT2D eigenvalue weighted by Crippen LogP contribution is 2.27. The molecule has 0 aliphatic carbocycles. The maximum absolute atomic E-state index is 11.8. The summed E-state index contributed by atoms with van der Waals surface area (Å²) in [6.45, 7) is 3.58. The van der Waals surface area contributed by atoms with Gasteiger partial charge in [-0.3, -0.25) is 15.1 Å². The van der Waals surface area contributed by atoms with E-state index in [1.165, 1.54) is 18.3 Å². The van der Waals surface area contributed by atoms with E-state index in [4.69, 9.17) is 10.5 Å². The summed E-state index contributed by atoms with van der Waals surface area (Å²) in [7, 11) is 0. The Morgan fingerprint density at radius 3 is 2.77 bits per heavy atom. The number of anilines is 1.